The van der Waals surface area contributed by atoms with Gasteiger partial charge in [0, 0.05) is 10.5 Å². The lowest BCUT2D eigenvalue weighted by Gasteiger charge is -2.27. The van der Waals surface area contributed by atoms with Crippen LogP contribution in [0.3, 0.4) is 0 Å². The maximum Gasteiger partial charge on any atom is 0.329 e. The molecule has 0 saturated carbocycles. The van der Waals surface area contributed by atoms with Gasteiger partial charge in [-0.05, 0) is 13.8 Å². The van der Waals surface area contributed by atoms with E-state index in [4.69, 9.17) is 9.84 Å². The fraction of sp³-hybridized carbons (Fsp3) is 0.857. The van der Waals surface area contributed by atoms with E-state index in [-0.39, 0.29) is 17.5 Å². The molecule has 0 aromatic heterocycles. The van der Waals surface area contributed by atoms with Gasteiger partial charge in [-0.1, -0.05) is 0 Å². The molecule has 1 unspecified atom stereocenters. The van der Waals surface area contributed by atoms with Gasteiger partial charge in [0.25, 0.3) is 0 Å². The molecule has 0 aliphatic rings. The summed E-state index contributed by atoms with van der Waals surface area (Å²) in [6.07, 6.45) is -0.250. The molecule has 12 heavy (non-hydrogen) atoms. The van der Waals surface area contributed by atoms with Gasteiger partial charge in [-0.25, -0.2) is 4.79 Å². The maximum atomic E-state index is 10.2. The van der Waals surface area contributed by atoms with Gasteiger partial charge < -0.3 is 9.84 Å². The van der Waals surface area contributed by atoms with Crippen LogP contribution in [0.5, 0.6) is 0 Å². The van der Waals surface area contributed by atoms with Gasteiger partial charge >= 0.3 is 5.97 Å². The first-order valence-electron chi connectivity index (χ1n) is 3.54. The number of hydrogen-bond donors (Lipinski definition) is 3. The monoisotopic (exact) mass is 210 g/mol. The summed E-state index contributed by atoms with van der Waals surface area (Å²) in [7, 11) is 0. The average Bonchev–Trinajstić information content (AvgIpc) is 1.85. The Labute approximate surface area is 83.3 Å². The number of ether oxygens (including phenoxy) is 1. The van der Waals surface area contributed by atoms with Crippen molar-refractivity contribution in [2.24, 2.45) is 0 Å². The zero-order valence-electron chi connectivity index (χ0n) is 7.15. The van der Waals surface area contributed by atoms with Crippen LogP contribution in [-0.2, 0) is 9.53 Å². The predicted octanol–water partition coefficient (Wildman–Crippen LogP) is 1.09. The third kappa shape index (κ3) is 4.90. The summed E-state index contributed by atoms with van der Waals surface area (Å²) in [6, 6.07) is 0. The minimum atomic E-state index is -0.973. The van der Waals surface area contributed by atoms with E-state index in [9.17, 15) is 4.79 Å². The molecule has 3 nitrogen and oxygen atoms in total. The number of carboxylic acids is 1. The number of carboxylic acid groups (broad SMARTS) is 1. The van der Waals surface area contributed by atoms with E-state index in [0.29, 0.717) is 5.75 Å². The molecule has 1 atom stereocenters. The number of hydrogen-bond acceptors (Lipinski definition) is 4. The van der Waals surface area contributed by atoms with Crippen LogP contribution in [0.1, 0.15) is 13.8 Å². The Morgan fingerprint density at radius 1 is 1.67 bits per heavy atom. The van der Waals surface area contributed by atoms with Crippen molar-refractivity contribution in [1.82, 2.24) is 0 Å². The molecule has 1 N–H and O–H groups in total. The molecule has 0 aliphatic heterocycles. The van der Waals surface area contributed by atoms with Crippen LogP contribution in [0, 0.1) is 0 Å². The third-order valence-electron chi connectivity index (χ3n) is 1.36. The molecule has 0 aromatic carbocycles. The predicted molar refractivity (Wildman–Crippen MR) is 54.3 cm³/mol. The van der Waals surface area contributed by atoms with Crippen molar-refractivity contribution in [2.45, 2.75) is 24.7 Å². The Bertz CT molecular complexity index is 153. The largest absolute Gasteiger partial charge is 0.480 e. The topological polar surface area (TPSA) is 46.5 Å². The van der Waals surface area contributed by atoms with Crippen LogP contribution in [0.4, 0.5) is 0 Å². The van der Waals surface area contributed by atoms with Gasteiger partial charge in [-0.15, -0.1) is 0 Å². The standard InChI is InChI=1S/C7H14O3S2/c1-7(2,12)5(4-11)10-3-6(8)9/h5,11-12H,3-4H2,1-2H3,(H,8,9). The molecule has 0 aromatic rings. The highest BCUT2D eigenvalue weighted by molar-refractivity contribution is 7.82. The van der Waals surface area contributed by atoms with Crippen molar-refractivity contribution in [3.05, 3.63) is 0 Å². The van der Waals surface area contributed by atoms with E-state index in [1.807, 2.05) is 13.8 Å². The van der Waals surface area contributed by atoms with Crippen molar-refractivity contribution in [3.63, 3.8) is 0 Å². The summed E-state index contributed by atoms with van der Waals surface area (Å²) < 4.78 is 4.70. The van der Waals surface area contributed by atoms with Gasteiger partial charge in [0.1, 0.15) is 6.61 Å². The van der Waals surface area contributed by atoms with Crippen LogP contribution >= 0.6 is 25.3 Å². The summed E-state index contributed by atoms with van der Waals surface area (Å²) in [4.78, 5) is 10.2. The molecule has 0 radical (unpaired) electrons. The van der Waals surface area contributed by atoms with Crippen LogP contribution in [-0.4, -0.2) is 34.3 Å². The Morgan fingerprint density at radius 3 is 2.42 bits per heavy atom. The number of aliphatic carboxylic acids is 1. The van der Waals surface area contributed by atoms with E-state index in [1.165, 1.54) is 0 Å². The first-order valence-corrected chi connectivity index (χ1v) is 4.62. The Morgan fingerprint density at radius 2 is 2.17 bits per heavy atom. The second kappa shape index (κ2) is 4.99. The minimum absolute atomic E-state index is 0.250. The van der Waals surface area contributed by atoms with Gasteiger partial charge in [0.15, 0.2) is 0 Å². The van der Waals surface area contributed by atoms with Crippen LogP contribution in [0.2, 0.25) is 0 Å². The highest BCUT2D eigenvalue weighted by Crippen LogP contribution is 2.21. The highest BCUT2D eigenvalue weighted by Gasteiger charge is 2.25. The van der Waals surface area contributed by atoms with E-state index in [2.05, 4.69) is 25.3 Å². The number of thiol groups is 2. The van der Waals surface area contributed by atoms with Gasteiger partial charge in [-0.3, -0.25) is 0 Å². The lowest BCUT2D eigenvalue weighted by atomic mass is 10.1. The maximum absolute atomic E-state index is 10.2. The molecule has 0 saturated heterocycles. The fourth-order valence-electron chi connectivity index (χ4n) is 0.652. The number of carbonyl (C=O) groups is 1. The molecular weight excluding hydrogens is 196 g/mol. The van der Waals surface area contributed by atoms with E-state index >= 15 is 0 Å². The molecular formula is C7H14O3S2. The van der Waals surface area contributed by atoms with Gasteiger partial charge in [-0.2, -0.15) is 25.3 Å². The molecule has 0 fully saturated rings. The molecule has 72 valence electrons. The third-order valence-corrected chi connectivity index (χ3v) is 1.98. The lowest BCUT2D eigenvalue weighted by Crippen LogP contribution is -2.36. The molecule has 5 heteroatoms. The fourth-order valence-corrected chi connectivity index (χ4v) is 1.52. The molecule has 0 spiro atoms. The van der Waals surface area contributed by atoms with Crippen molar-refractivity contribution < 1.29 is 14.6 Å². The smallest absolute Gasteiger partial charge is 0.329 e. The normalized spacial score (nSPS) is 14.3. The second-order valence-electron chi connectivity index (χ2n) is 3.03. The lowest BCUT2D eigenvalue weighted by molar-refractivity contribution is -0.144. The van der Waals surface area contributed by atoms with Crippen molar-refractivity contribution >= 4 is 31.2 Å². The molecule has 0 heterocycles. The van der Waals surface area contributed by atoms with Crippen molar-refractivity contribution in [1.29, 1.82) is 0 Å². The summed E-state index contributed by atoms with van der Waals surface area (Å²) >= 11 is 8.31. The van der Waals surface area contributed by atoms with E-state index < -0.39 is 5.97 Å². The first kappa shape index (κ1) is 12.1. The Kier molecular flexibility index (Phi) is 5.04. The molecule has 0 aliphatic carbocycles. The average molecular weight is 210 g/mol. The zero-order valence-corrected chi connectivity index (χ0v) is 8.94. The number of rotatable bonds is 5. The summed E-state index contributed by atoms with van der Waals surface area (Å²) in [5, 5.41) is 8.35. The SMILES string of the molecule is CC(C)(S)C(CS)OCC(=O)O. The van der Waals surface area contributed by atoms with Crippen LogP contribution in [0.15, 0.2) is 0 Å². The Balaban J connectivity index is 3.92. The second-order valence-corrected chi connectivity index (χ2v) is 4.55. The minimum Gasteiger partial charge on any atom is -0.480 e. The highest BCUT2D eigenvalue weighted by atomic mass is 32.1. The van der Waals surface area contributed by atoms with E-state index in [0.717, 1.165) is 0 Å². The first-order chi connectivity index (χ1) is 5.38. The Hall–Kier alpha value is 0.130. The van der Waals surface area contributed by atoms with Gasteiger partial charge in [0.2, 0.25) is 0 Å². The molecule has 0 bridgehead atoms. The summed E-state index contributed by atoms with van der Waals surface area (Å²) in [5.41, 5.74) is 0. The summed E-state index contributed by atoms with van der Waals surface area (Å²) in [6.45, 7) is 3.42. The van der Waals surface area contributed by atoms with Crippen molar-refractivity contribution in [2.75, 3.05) is 12.4 Å². The molecule has 0 amide bonds. The van der Waals surface area contributed by atoms with Crippen molar-refractivity contribution in [3.8, 4) is 0 Å². The van der Waals surface area contributed by atoms with Crippen LogP contribution < -0.4 is 0 Å². The van der Waals surface area contributed by atoms with Crippen LogP contribution in [0.25, 0.3) is 0 Å². The quantitative estimate of drug-likeness (QED) is 0.595. The van der Waals surface area contributed by atoms with E-state index in [1.54, 1.807) is 0 Å². The summed E-state index contributed by atoms with van der Waals surface area (Å²) in [5.74, 6) is -0.511. The van der Waals surface area contributed by atoms with Gasteiger partial charge in [0.05, 0.1) is 6.10 Å². The molecule has 0 rings (SSSR count). The zero-order chi connectivity index (χ0) is 9.78.